The number of piperidine rings is 2. The fourth-order valence-electron chi connectivity index (χ4n) is 8.30. The minimum atomic E-state index is -0.333. The van der Waals surface area contributed by atoms with Crippen molar-refractivity contribution in [2.24, 2.45) is 29.1 Å². The van der Waals surface area contributed by atoms with Gasteiger partial charge in [-0.2, -0.15) is 0 Å². The smallest absolute Gasteiger partial charge is 0.227 e. The average molecular weight is 487 g/mol. The minimum Gasteiger partial charge on any atom is -0.394 e. The number of benzene rings is 1. The van der Waals surface area contributed by atoms with Gasteiger partial charge < -0.3 is 19.6 Å². The van der Waals surface area contributed by atoms with Gasteiger partial charge in [-0.15, -0.1) is 0 Å². The fraction of sp³-hybridized carbons (Fsp3) is 0.714. The van der Waals surface area contributed by atoms with Gasteiger partial charge in [0.25, 0.3) is 0 Å². The second-order valence-corrected chi connectivity index (χ2v) is 11.4. The molecule has 4 fully saturated rings. The van der Waals surface area contributed by atoms with E-state index in [0.717, 1.165) is 38.5 Å². The molecule has 2 amide bonds. The van der Waals surface area contributed by atoms with Gasteiger partial charge >= 0.3 is 0 Å². The summed E-state index contributed by atoms with van der Waals surface area (Å²) in [5.74, 6) is 1.59. The predicted octanol–water partition coefficient (Wildman–Crippen LogP) is 3.27. The van der Waals surface area contributed by atoms with Crippen molar-refractivity contribution in [1.29, 1.82) is 0 Å². The van der Waals surface area contributed by atoms with Crippen LogP contribution in [0.4, 0.5) is 4.39 Å². The van der Waals surface area contributed by atoms with Crippen LogP contribution in [0.1, 0.15) is 51.0 Å². The number of aliphatic hydroxyl groups is 1. The van der Waals surface area contributed by atoms with Gasteiger partial charge in [0.1, 0.15) is 5.82 Å². The highest BCUT2D eigenvalue weighted by atomic mass is 19.1. The van der Waals surface area contributed by atoms with E-state index in [9.17, 15) is 19.1 Å². The van der Waals surface area contributed by atoms with E-state index in [1.54, 1.807) is 32.2 Å². The van der Waals surface area contributed by atoms with E-state index in [1.807, 2.05) is 9.80 Å². The summed E-state index contributed by atoms with van der Waals surface area (Å²) in [4.78, 5) is 29.6. The van der Waals surface area contributed by atoms with Crippen LogP contribution in [-0.2, 0) is 20.7 Å². The molecule has 1 N–H and O–H groups in total. The van der Waals surface area contributed by atoms with Crippen molar-refractivity contribution in [3.8, 4) is 0 Å². The summed E-state index contributed by atoms with van der Waals surface area (Å²) in [5, 5.41) is 10.4. The monoisotopic (exact) mass is 486 g/mol. The molecule has 35 heavy (non-hydrogen) atoms. The Labute approximate surface area is 207 Å². The molecular weight excluding hydrogens is 447 g/mol. The van der Waals surface area contributed by atoms with E-state index in [-0.39, 0.29) is 42.1 Å². The average Bonchev–Trinajstić information content (AvgIpc) is 3.25. The molecule has 7 heteroatoms. The molecule has 2 aliphatic heterocycles. The molecule has 5 unspecified atom stereocenters. The number of ether oxygens (including phenoxy) is 1. The van der Waals surface area contributed by atoms with E-state index in [4.69, 9.17) is 4.74 Å². The molecule has 4 aliphatic rings. The van der Waals surface area contributed by atoms with Crippen LogP contribution in [-0.4, -0.2) is 72.2 Å². The first-order valence-corrected chi connectivity index (χ1v) is 13.3. The van der Waals surface area contributed by atoms with Crippen molar-refractivity contribution in [3.05, 3.63) is 35.6 Å². The third-order valence-corrected chi connectivity index (χ3v) is 9.91. The van der Waals surface area contributed by atoms with Gasteiger partial charge in [-0.05, 0) is 79.2 Å². The summed E-state index contributed by atoms with van der Waals surface area (Å²) in [7, 11) is 1.80. The van der Waals surface area contributed by atoms with Crippen molar-refractivity contribution < 1.29 is 23.8 Å². The Morgan fingerprint density at radius 1 is 1.14 bits per heavy atom. The quantitative estimate of drug-likeness (QED) is 0.709. The molecule has 1 aromatic carbocycles. The molecule has 2 aliphatic carbocycles. The van der Waals surface area contributed by atoms with Crippen molar-refractivity contribution >= 4 is 11.8 Å². The van der Waals surface area contributed by atoms with Crippen LogP contribution in [0.2, 0.25) is 0 Å². The Bertz CT molecular complexity index is 947. The molecule has 192 valence electrons. The number of likely N-dealkylation sites (tertiary alicyclic amines) is 2. The van der Waals surface area contributed by atoms with Crippen LogP contribution in [0.15, 0.2) is 24.3 Å². The molecule has 6 nitrogen and oxygen atoms in total. The zero-order chi connectivity index (χ0) is 24.7. The first kappa shape index (κ1) is 24.7. The first-order chi connectivity index (χ1) is 16.9. The van der Waals surface area contributed by atoms with Crippen molar-refractivity contribution in [2.75, 3.05) is 33.4 Å². The summed E-state index contributed by atoms with van der Waals surface area (Å²) in [6, 6.07) is 6.37. The highest BCUT2D eigenvalue weighted by Gasteiger charge is 2.61. The molecule has 6 atom stereocenters. The second kappa shape index (κ2) is 9.81. The largest absolute Gasteiger partial charge is 0.394 e. The number of fused-ring (bicyclic) bond motifs is 4. The minimum absolute atomic E-state index is 0.0111. The maximum absolute atomic E-state index is 14.1. The molecule has 0 radical (unpaired) electrons. The number of carbonyl (C=O) groups excluding carboxylic acids is 2. The van der Waals surface area contributed by atoms with Crippen LogP contribution in [0.5, 0.6) is 0 Å². The maximum atomic E-state index is 14.1. The number of carbonyl (C=O) groups is 2. The zero-order valence-electron chi connectivity index (χ0n) is 21.0. The zero-order valence-corrected chi connectivity index (χ0v) is 21.0. The lowest BCUT2D eigenvalue weighted by molar-refractivity contribution is -0.155. The Kier molecular flexibility index (Phi) is 6.92. The van der Waals surface area contributed by atoms with E-state index < -0.39 is 0 Å². The molecule has 0 bridgehead atoms. The number of hydrogen-bond acceptors (Lipinski definition) is 4. The second-order valence-electron chi connectivity index (χ2n) is 11.4. The molecule has 0 aromatic heterocycles. The fourth-order valence-corrected chi connectivity index (χ4v) is 8.30. The molecule has 1 aromatic rings. The van der Waals surface area contributed by atoms with E-state index >= 15 is 0 Å². The van der Waals surface area contributed by atoms with Crippen LogP contribution in [0.3, 0.4) is 0 Å². The first-order valence-electron chi connectivity index (χ1n) is 13.3. The molecule has 1 spiro atoms. The SMILES string of the molecule is COC1CCC2C(C1)CC1C2C2(CCN(C(=O)Cc3ccccc3F)CC2)CN(C(C)=O)[C@H]1CO. The normalized spacial score (nSPS) is 33.9. The van der Waals surface area contributed by atoms with Gasteiger partial charge in [-0.25, -0.2) is 4.39 Å². The van der Waals surface area contributed by atoms with Crippen molar-refractivity contribution in [1.82, 2.24) is 9.80 Å². The van der Waals surface area contributed by atoms with Gasteiger partial charge in [-0.3, -0.25) is 9.59 Å². The number of amides is 2. The topological polar surface area (TPSA) is 70.1 Å². The molecular formula is C28H39FN2O4. The van der Waals surface area contributed by atoms with Crippen molar-refractivity contribution in [3.63, 3.8) is 0 Å². The summed E-state index contributed by atoms with van der Waals surface area (Å²) in [6.45, 7) is 3.58. The van der Waals surface area contributed by atoms with Gasteiger partial charge in [0.05, 0.1) is 25.2 Å². The number of halogens is 1. The van der Waals surface area contributed by atoms with Gasteiger partial charge in [0.2, 0.25) is 11.8 Å². The molecule has 2 heterocycles. The number of rotatable bonds is 4. The molecule has 2 saturated carbocycles. The van der Waals surface area contributed by atoms with Gasteiger partial charge in [0.15, 0.2) is 0 Å². The lowest BCUT2D eigenvalue weighted by Gasteiger charge is -2.58. The van der Waals surface area contributed by atoms with E-state index in [2.05, 4.69) is 0 Å². The summed E-state index contributed by atoms with van der Waals surface area (Å²) in [6.07, 6.45) is 6.43. The van der Waals surface area contributed by atoms with Gasteiger partial charge in [-0.1, -0.05) is 18.2 Å². The summed E-state index contributed by atoms with van der Waals surface area (Å²) >= 11 is 0. The Balaban J connectivity index is 1.36. The third kappa shape index (κ3) is 4.39. The number of methoxy groups -OCH3 is 1. The highest BCUT2D eigenvalue weighted by Crippen LogP contribution is 2.62. The van der Waals surface area contributed by atoms with Crippen LogP contribution >= 0.6 is 0 Å². The van der Waals surface area contributed by atoms with Crippen molar-refractivity contribution in [2.45, 2.75) is 64.0 Å². The Hall–Kier alpha value is -1.99. The highest BCUT2D eigenvalue weighted by molar-refractivity contribution is 5.79. The number of aliphatic hydroxyl groups excluding tert-OH is 1. The number of hydrogen-bond donors (Lipinski definition) is 1. The summed E-state index contributed by atoms with van der Waals surface area (Å²) < 4.78 is 19.8. The Morgan fingerprint density at radius 3 is 2.54 bits per heavy atom. The van der Waals surface area contributed by atoms with Gasteiger partial charge in [0, 0.05) is 33.7 Å². The van der Waals surface area contributed by atoms with E-state index in [0.29, 0.717) is 55.0 Å². The third-order valence-electron chi connectivity index (χ3n) is 9.91. The van der Waals surface area contributed by atoms with Crippen LogP contribution < -0.4 is 0 Å². The Morgan fingerprint density at radius 2 is 1.89 bits per heavy atom. The lowest BCUT2D eigenvalue weighted by atomic mass is 9.57. The van der Waals surface area contributed by atoms with Crippen LogP contribution in [0.25, 0.3) is 0 Å². The maximum Gasteiger partial charge on any atom is 0.227 e. The van der Waals surface area contributed by atoms with E-state index in [1.165, 1.54) is 6.07 Å². The van der Waals surface area contributed by atoms with Crippen LogP contribution in [0, 0.1) is 34.9 Å². The number of nitrogens with zero attached hydrogens (tertiary/aromatic N) is 2. The molecule has 5 rings (SSSR count). The summed E-state index contributed by atoms with van der Waals surface area (Å²) in [5.41, 5.74) is 0.411. The standard InChI is InChI=1S/C28H39FN2O4/c1-18(33)31-17-28(9-11-30(12-10-28)26(34)15-19-5-3-4-6-24(19)29)27-22-8-7-21(35-2)13-20(22)14-23(27)25(31)16-32/h3-6,20-23,25,27,32H,7-17H2,1-2H3/t20?,21?,22?,23?,25-,27?/m0/s1. The molecule has 2 saturated heterocycles. The predicted molar refractivity (Wildman–Crippen MR) is 130 cm³/mol. The lowest BCUT2D eigenvalue weighted by Crippen LogP contribution is -2.63.